The summed E-state index contributed by atoms with van der Waals surface area (Å²) < 4.78 is 0.762. The SMILES string of the molecule is CCN(Cc1ccc(CN(C)C)cc1)C(=O)CCCN1C(=O)c2ccc(Br)cc2C1=O. The second-order valence-electron chi connectivity index (χ2n) is 8.02. The Labute approximate surface area is 191 Å². The molecule has 0 aromatic heterocycles. The van der Waals surface area contributed by atoms with Crippen LogP contribution in [0.4, 0.5) is 0 Å². The largest absolute Gasteiger partial charge is 0.339 e. The molecule has 1 aliphatic heterocycles. The number of benzene rings is 2. The fraction of sp³-hybridized carbons (Fsp3) is 0.375. The zero-order chi connectivity index (χ0) is 22.5. The van der Waals surface area contributed by atoms with Crippen molar-refractivity contribution in [3.63, 3.8) is 0 Å². The van der Waals surface area contributed by atoms with Crippen molar-refractivity contribution in [2.75, 3.05) is 27.2 Å². The third-order valence-electron chi connectivity index (χ3n) is 5.33. The zero-order valence-corrected chi connectivity index (χ0v) is 19.8. The van der Waals surface area contributed by atoms with Gasteiger partial charge in [0.15, 0.2) is 0 Å². The predicted molar refractivity (Wildman–Crippen MR) is 124 cm³/mol. The first-order chi connectivity index (χ1) is 14.8. The van der Waals surface area contributed by atoms with E-state index in [1.165, 1.54) is 10.5 Å². The molecular weight excluding hydrogens is 458 g/mol. The molecule has 31 heavy (non-hydrogen) atoms. The Morgan fingerprint density at radius 3 is 2.16 bits per heavy atom. The molecule has 3 amide bonds. The van der Waals surface area contributed by atoms with E-state index in [9.17, 15) is 14.4 Å². The molecule has 0 bridgehead atoms. The van der Waals surface area contributed by atoms with E-state index >= 15 is 0 Å². The van der Waals surface area contributed by atoms with Crippen LogP contribution in [-0.4, -0.2) is 59.6 Å². The summed E-state index contributed by atoms with van der Waals surface area (Å²) in [5.74, 6) is -0.553. The van der Waals surface area contributed by atoms with Crippen LogP contribution >= 0.6 is 15.9 Å². The number of imide groups is 1. The molecule has 0 radical (unpaired) electrons. The van der Waals surface area contributed by atoms with Gasteiger partial charge in [0.2, 0.25) is 5.91 Å². The number of amides is 3. The number of hydrogen-bond donors (Lipinski definition) is 0. The van der Waals surface area contributed by atoms with Crippen LogP contribution in [0.15, 0.2) is 46.9 Å². The van der Waals surface area contributed by atoms with Gasteiger partial charge in [0.1, 0.15) is 0 Å². The van der Waals surface area contributed by atoms with Gasteiger partial charge in [0.25, 0.3) is 11.8 Å². The first kappa shape index (κ1) is 23.2. The molecule has 1 aliphatic rings. The van der Waals surface area contributed by atoms with Crippen molar-refractivity contribution in [2.45, 2.75) is 32.9 Å². The Morgan fingerprint density at radius 2 is 1.55 bits per heavy atom. The Bertz CT molecular complexity index is 973. The standard InChI is InChI=1S/C24H28BrN3O3/c1-4-27(16-18-9-7-17(8-10-18)15-26(2)3)22(29)6-5-13-28-23(30)20-12-11-19(25)14-21(20)24(28)31/h7-12,14H,4-6,13,15-16H2,1-3H3. The van der Waals surface area contributed by atoms with E-state index in [4.69, 9.17) is 0 Å². The summed E-state index contributed by atoms with van der Waals surface area (Å²) in [5.41, 5.74) is 3.16. The van der Waals surface area contributed by atoms with Crippen molar-refractivity contribution in [2.24, 2.45) is 0 Å². The van der Waals surface area contributed by atoms with Gasteiger partial charge in [-0.2, -0.15) is 0 Å². The van der Waals surface area contributed by atoms with E-state index in [-0.39, 0.29) is 24.3 Å². The number of carbonyl (C=O) groups excluding carboxylic acids is 3. The number of carbonyl (C=O) groups is 3. The second-order valence-corrected chi connectivity index (χ2v) is 8.93. The molecule has 0 N–H and O–H groups in total. The maximum Gasteiger partial charge on any atom is 0.261 e. The smallest absolute Gasteiger partial charge is 0.261 e. The van der Waals surface area contributed by atoms with Gasteiger partial charge in [0.05, 0.1) is 11.1 Å². The van der Waals surface area contributed by atoms with E-state index in [2.05, 4.69) is 45.1 Å². The number of rotatable bonds is 9. The average Bonchev–Trinajstić information content (AvgIpc) is 2.96. The summed E-state index contributed by atoms with van der Waals surface area (Å²) in [6.45, 7) is 4.25. The molecule has 0 unspecified atom stereocenters. The molecule has 0 saturated heterocycles. The highest BCUT2D eigenvalue weighted by Gasteiger charge is 2.35. The van der Waals surface area contributed by atoms with Gasteiger partial charge < -0.3 is 9.80 Å². The van der Waals surface area contributed by atoms with Crippen LogP contribution in [0.5, 0.6) is 0 Å². The second kappa shape index (κ2) is 10.2. The highest BCUT2D eigenvalue weighted by Crippen LogP contribution is 2.26. The van der Waals surface area contributed by atoms with Crippen LogP contribution < -0.4 is 0 Å². The lowest BCUT2D eigenvalue weighted by molar-refractivity contribution is -0.131. The summed E-state index contributed by atoms with van der Waals surface area (Å²) in [5, 5.41) is 0. The lowest BCUT2D eigenvalue weighted by Crippen LogP contribution is -2.33. The molecule has 3 rings (SSSR count). The first-order valence-electron chi connectivity index (χ1n) is 10.5. The van der Waals surface area contributed by atoms with Crippen LogP contribution in [0.3, 0.4) is 0 Å². The van der Waals surface area contributed by atoms with Crippen LogP contribution in [0.25, 0.3) is 0 Å². The third-order valence-corrected chi connectivity index (χ3v) is 5.83. The highest BCUT2D eigenvalue weighted by molar-refractivity contribution is 9.10. The van der Waals surface area contributed by atoms with Gasteiger partial charge >= 0.3 is 0 Å². The minimum atomic E-state index is -0.293. The monoisotopic (exact) mass is 485 g/mol. The predicted octanol–water partition coefficient (Wildman–Crippen LogP) is 3.94. The molecule has 0 fully saturated rings. The van der Waals surface area contributed by atoms with Crippen molar-refractivity contribution in [3.8, 4) is 0 Å². The van der Waals surface area contributed by atoms with E-state index < -0.39 is 0 Å². The van der Waals surface area contributed by atoms with Crippen molar-refractivity contribution in [1.82, 2.24) is 14.7 Å². The number of nitrogens with zero attached hydrogens (tertiary/aromatic N) is 3. The van der Waals surface area contributed by atoms with E-state index in [1.54, 1.807) is 23.1 Å². The molecule has 0 saturated carbocycles. The molecular formula is C24H28BrN3O3. The molecule has 1 heterocycles. The van der Waals surface area contributed by atoms with Crippen LogP contribution in [0.2, 0.25) is 0 Å². The highest BCUT2D eigenvalue weighted by atomic mass is 79.9. The number of fused-ring (bicyclic) bond motifs is 1. The molecule has 7 heteroatoms. The minimum absolute atomic E-state index is 0.0271. The molecule has 164 valence electrons. The lowest BCUT2D eigenvalue weighted by atomic mass is 10.1. The quantitative estimate of drug-likeness (QED) is 0.504. The Balaban J connectivity index is 1.52. The van der Waals surface area contributed by atoms with Crippen molar-refractivity contribution in [3.05, 3.63) is 69.2 Å². The topological polar surface area (TPSA) is 60.9 Å². The first-order valence-corrected chi connectivity index (χ1v) is 11.3. The Kier molecular flexibility index (Phi) is 7.62. The molecule has 6 nitrogen and oxygen atoms in total. The summed E-state index contributed by atoms with van der Waals surface area (Å²) in [4.78, 5) is 42.9. The third kappa shape index (κ3) is 5.60. The maximum atomic E-state index is 12.7. The fourth-order valence-corrected chi connectivity index (χ4v) is 4.09. The zero-order valence-electron chi connectivity index (χ0n) is 18.2. The molecule has 2 aromatic carbocycles. The number of halogens is 1. The lowest BCUT2D eigenvalue weighted by Gasteiger charge is -2.22. The Hall–Kier alpha value is -2.51. The Morgan fingerprint density at radius 1 is 0.935 bits per heavy atom. The van der Waals surface area contributed by atoms with Crippen molar-refractivity contribution < 1.29 is 14.4 Å². The molecule has 0 spiro atoms. The van der Waals surface area contributed by atoms with E-state index in [0.29, 0.717) is 37.1 Å². The van der Waals surface area contributed by atoms with Gasteiger partial charge in [-0.1, -0.05) is 40.2 Å². The van der Waals surface area contributed by atoms with Crippen LogP contribution in [0, 0.1) is 0 Å². The van der Waals surface area contributed by atoms with E-state index in [1.807, 2.05) is 21.0 Å². The van der Waals surface area contributed by atoms with Gasteiger partial charge in [-0.05, 0) is 56.8 Å². The number of hydrogen-bond acceptors (Lipinski definition) is 4. The van der Waals surface area contributed by atoms with Gasteiger partial charge in [-0.25, -0.2) is 0 Å². The average molecular weight is 486 g/mol. The van der Waals surface area contributed by atoms with Crippen LogP contribution in [0.1, 0.15) is 51.6 Å². The van der Waals surface area contributed by atoms with Gasteiger partial charge in [0, 0.05) is 37.1 Å². The minimum Gasteiger partial charge on any atom is -0.339 e. The summed E-state index contributed by atoms with van der Waals surface area (Å²) >= 11 is 3.33. The maximum absolute atomic E-state index is 12.7. The van der Waals surface area contributed by atoms with Gasteiger partial charge in [-0.15, -0.1) is 0 Å². The summed E-state index contributed by atoms with van der Waals surface area (Å²) in [6.07, 6.45) is 0.743. The van der Waals surface area contributed by atoms with Gasteiger partial charge in [-0.3, -0.25) is 19.3 Å². The van der Waals surface area contributed by atoms with Crippen molar-refractivity contribution >= 4 is 33.7 Å². The molecule has 0 aliphatic carbocycles. The summed E-state index contributed by atoms with van der Waals surface area (Å²) in [7, 11) is 4.07. The fourth-order valence-electron chi connectivity index (χ4n) is 3.72. The summed E-state index contributed by atoms with van der Waals surface area (Å²) in [6, 6.07) is 13.4. The van der Waals surface area contributed by atoms with Crippen LogP contribution in [-0.2, 0) is 17.9 Å². The van der Waals surface area contributed by atoms with Crippen molar-refractivity contribution in [1.29, 1.82) is 0 Å². The van der Waals surface area contributed by atoms with E-state index in [0.717, 1.165) is 16.6 Å². The normalized spacial score (nSPS) is 13.1. The molecule has 0 atom stereocenters. The molecule has 2 aromatic rings.